The molecule has 3 rings (SSSR count). The third kappa shape index (κ3) is 7.31. The number of carboxylic acids is 1. The molecule has 3 N–H and O–H groups in total. The monoisotopic (exact) mass is 480 g/mol. The third-order valence-corrected chi connectivity index (χ3v) is 6.38. The van der Waals surface area contributed by atoms with E-state index < -0.39 is 18.0 Å². The van der Waals surface area contributed by atoms with Crippen molar-refractivity contribution in [1.29, 1.82) is 0 Å². The molecular formula is C28H36N2O5. The molecule has 2 aromatic rings. The molecule has 2 atom stereocenters. The number of aliphatic carboxylic acids is 1. The molecule has 0 fully saturated rings. The lowest BCUT2D eigenvalue weighted by Crippen LogP contribution is -2.43. The third-order valence-electron chi connectivity index (χ3n) is 6.38. The Morgan fingerprint density at radius 1 is 0.971 bits per heavy atom. The number of hydrogen-bond donors (Lipinski definition) is 3. The number of benzene rings is 2. The van der Waals surface area contributed by atoms with Gasteiger partial charge in [-0.25, -0.2) is 4.79 Å². The molecule has 7 heteroatoms. The van der Waals surface area contributed by atoms with E-state index in [2.05, 4.69) is 34.9 Å². The summed E-state index contributed by atoms with van der Waals surface area (Å²) < 4.78 is 5.59. The molecule has 2 unspecified atom stereocenters. The summed E-state index contributed by atoms with van der Waals surface area (Å²) >= 11 is 0. The maximum absolute atomic E-state index is 12.8. The zero-order valence-corrected chi connectivity index (χ0v) is 20.8. The van der Waals surface area contributed by atoms with Gasteiger partial charge in [0.05, 0.1) is 5.92 Å². The van der Waals surface area contributed by atoms with Gasteiger partial charge in [-0.1, -0.05) is 62.4 Å². The topological polar surface area (TPSA) is 105 Å². The number of rotatable bonds is 12. The molecule has 2 aromatic carbocycles. The number of nitrogens with one attached hydrogen (secondary N) is 2. The molecule has 0 radical (unpaired) electrons. The van der Waals surface area contributed by atoms with E-state index in [1.807, 2.05) is 45.0 Å². The predicted octanol–water partition coefficient (Wildman–Crippen LogP) is 4.95. The van der Waals surface area contributed by atoms with Gasteiger partial charge in [-0.15, -0.1) is 0 Å². The average Bonchev–Trinajstić information content (AvgIpc) is 3.13. The first-order valence-corrected chi connectivity index (χ1v) is 12.4. The van der Waals surface area contributed by atoms with Crippen LogP contribution in [0.25, 0.3) is 11.1 Å². The number of carbonyl (C=O) groups is 3. The quantitative estimate of drug-likeness (QED) is 0.399. The van der Waals surface area contributed by atoms with Gasteiger partial charge in [-0.2, -0.15) is 0 Å². The van der Waals surface area contributed by atoms with E-state index in [0.29, 0.717) is 19.3 Å². The molecule has 2 amide bonds. The summed E-state index contributed by atoms with van der Waals surface area (Å²) in [5.74, 6) is -1.11. The Labute approximate surface area is 207 Å². The van der Waals surface area contributed by atoms with Crippen molar-refractivity contribution in [3.8, 4) is 11.1 Å². The van der Waals surface area contributed by atoms with Gasteiger partial charge in [0.25, 0.3) is 0 Å². The Morgan fingerprint density at radius 3 is 2.14 bits per heavy atom. The molecule has 7 nitrogen and oxygen atoms in total. The zero-order valence-electron chi connectivity index (χ0n) is 20.8. The highest BCUT2D eigenvalue weighted by molar-refractivity contribution is 5.80. The maximum Gasteiger partial charge on any atom is 0.407 e. The Morgan fingerprint density at radius 2 is 1.57 bits per heavy atom. The van der Waals surface area contributed by atoms with Gasteiger partial charge >= 0.3 is 12.1 Å². The van der Waals surface area contributed by atoms with E-state index in [1.165, 1.54) is 11.1 Å². The van der Waals surface area contributed by atoms with E-state index in [9.17, 15) is 14.4 Å². The fourth-order valence-electron chi connectivity index (χ4n) is 4.70. The van der Waals surface area contributed by atoms with E-state index in [1.54, 1.807) is 0 Å². The summed E-state index contributed by atoms with van der Waals surface area (Å²) in [6.07, 6.45) is 1.26. The van der Waals surface area contributed by atoms with Crippen LogP contribution in [0.4, 0.5) is 4.79 Å². The van der Waals surface area contributed by atoms with Crippen LogP contribution in [0, 0.1) is 11.8 Å². The summed E-state index contributed by atoms with van der Waals surface area (Å²) in [6, 6.07) is 16.2. The molecule has 1 aliphatic rings. The molecule has 0 bridgehead atoms. The molecule has 0 spiro atoms. The second-order valence-corrected chi connectivity index (χ2v) is 9.73. The highest BCUT2D eigenvalue weighted by Gasteiger charge is 2.29. The van der Waals surface area contributed by atoms with Crippen LogP contribution in [0.2, 0.25) is 0 Å². The fraction of sp³-hybridized carbons (Fsp3) is 0.464. The van der Waals surface area contributed by atoms with E-state index in [4.69, 9.17) is 9.84 Å². The van der Waals surface area contributed by atoms with Crippen LogP contribution in [-0.2, 0) is 14.3 Å². The highest BCUT2D eigenvalue weighted by Crippen LogP contribution is 2.44. The normalized spacial score (nSPS) is 14.1. The molecule has 0 aliphatic heterocycles. The number of amides is 2. The number of ether oxygens (including phenoxy) is 1. The van der Waals surface area contributed by atoms with Crippen LogP contribution in [0.1, 0.15) is 63.5 Å². The lowest BCUT2D eigenvalue weighted by atomic mass is 9.95. The predicted molar refractivity (Wildman–Crippen MR) is 135 cm³/mol. The second kappa shape index (κ2) is 12.4. The van der Waals surface area contributed by atoms with Crippen molar-refractivity contribution in [3.05, 3.63) is 59.7 Å². The molecule has 35 heavy (non-hydrogen) atoms. The van der Waals surface area contributed by atoms with Crippen molar-refractivity contribution in [1.82, 2.24) is 10.6 Å². The lowest BCUT2D eigenvalue weighted by Gasteiger charge is -2.22. The largest absolute Gasteiger partial charge is 0.481 e. The summed E-state index contributed by atoms with van der Waals surface area (Å²) in [4.78, 5) is 36.1. The number of carbonyl (C=O) groups excluding carboxylic acids is 2. The highest BCUT2D eigenvalue weighted by atomic mass is 16.5. The lowest BCUT2D eigenvalue weighted by molar-refractivity contribution is -0.137. The molecule has 1 aliphatic carbocycles. The number of carboxylic acid groups (broad SMARTS) is 1. The van der Waals surface area contributed by atoms with Gasteiger partial charge in [0.15, 0.2) is 0 Å². The van der Waals surface area contributed by atoms with Crippen molar-refractivity contribution in [2.24, 2.45) is 11.8 Å². The second-order valence-electron chi connectivity index (χ2n) is 9.73. The summed E-state index contributed by atoms with van der Waals surface area (Å²) in [7, 11) is 0. The molecule has 0 heterocycles. The standard InChI is InChI=1S/C28H36N2O5/c1-18(2)15-20(27(33)30-19(3)9-8-14-26(31)32)16-29-28(34)35-17-25-23-12-6-4-10-21(23)22-11-5-7-13-24(22)25/h4-7,10-13,18-20,25H,8-9,14-17H2,1-3H3,(H,29,34)(H,30,33)(H,31,32). The molecule has 0 saturated heterocycles. The van der Waals surface area contributed by atoms with Gasteiger partial charge in [-0.05, 0) is 54.4 Å². The first-order valence-electron chi connectivity index (χ1n) is 12.4. The summed E-state index contributed by atoms with van der Waals surface area (Å²) in [5, 5.41) is 14.5. The van der Waals surface area contributed by atoms with Crippen molar-refractivity contribution in [3.63, 3.8) is 0 Å². The van der Waals surface area contributed by atoms with E-state index in [0.717, 1.165) is 11.1 Å². The van der Waals surface area contributed by atoms with Gasteiger partial charge < -0.3 is 20.5 Å². The first kappa shape index (κ1) is 26.3. The van der Waals surface area contributed by atoms with E-state index >= 15 is 0 Å². The number of fused-ring (bicyclic) bond motifs is 3. The van der Waals surface area contributed by atoms with Crippen molar-refractivity contribution in [2.45, 2.75) is 58.4 Å². The van der Waals surface area contributed by atoms with Gasteiger partial charge in [0.1, 0.15) is 6.61 Å². The van der Waals surface area contributed by atoms with Crippen LogP contribution in [-0.4, -0.2) is 42.3 Å². The summed E-state index contributed by atoms with van der Waals surface area (Å²) in [6.45, 7) is 6.34. The van der Waals surface area contributed by atoms with Crippen LogP contribution in [0.5, 0.6) is 0 Å². The maximum atomic E-state index is 12.8. The number of alkyl carbamates (subject to hydrolysis) is 1. The van der Waals surface area contributed by atoms with E-state index in [-0.39, 0.29) is 43.4 Å². The first-order chi connectivity index (χ1) is 16.8. The van der Waals surface area contributed by atoms with Gasteiger partial charge in [-0.3, -0.25) is 9.59 Å². The van der Waals surface area contributed by atoms with Crippen LogP contribution >= 0.6 is 0 Å². The minimum atomic E-state index is -0.839. The number of hydrogen-bond acceptors (Lipinski definition) is 4. The smallest absolute Gasteiger partial charge is 0.407 e. The Kier molecular flexibility index (Phi) is 9.29. The van der Waals surface area contributed by atoms with Crippen LogP contribution in [0.3, 0.4) is 0 Å². The Balaban J connectivity index is 1.53. The van der Waals surface area contributed by atoms with Gasteiger partial charge in [0, 0.05) is 24.9 Å². The molecular weight excluding hydrogens is 444 g/mol. The van der Waals surface area contributed by atoms with Gasteiger partial charge in [0.2, 0.25) is 5.91 Å². The van der Waals surface area contributed by atoms with Crippen molar-refractivity contribution < 1.29 is 24.2 Å². The van der Waals surface area contributed by atoms with Crippen LogP contribution < -0.4 is 10.6 Å². The zero-order chi connectivity index (χ0) is 25.4. The molecule has 188 valence electrons. The van der Waals surface area contributed by atoms with Crippen LogP contribution in [0.15, 0.2) is 48.5 Å². The Hall–Kier alpha value is -3.35. The SMILES string of the molecule is CC(C)CC(CNC(=O)OCC1c2ccccc2-c2ccccc21)C(=O)NC(C)CCCC(=O)O. The molecule has 0 saturated carbocycles. The van der Waals surface area contributed by atoms with Crippen molar-refractivity contribution >= 4 is 18.0 Å². The molecule has 0 aromatic heterocycles. The summed E-state index contributed by atoms with van der Waals surface area (Å²) in [5.41, 5.74) is 4.64. The minimum Gasteiger partial charge on any atom is -0.481 e. The van der Waals surface area contributed by atoms with Crippen molar-refractivity contribution in [2.75, 3.05) is 13.2 Å². The average molecular weight is 481 g/mol. The minimum absolute atomic E-state index is 0.0189. The Bertz CT molecular complexity index is 990. The fourth-order valence-corrected chi connectivity index (χ4v) is 4.70.